The van der Waals surface area contributed by atoms with Crippen molar-refractivity contribution in [3.05, 3.63) is 54.1 Å². The highest BCUT2D eigenvalue weighted by Crippen LogP contribution is 2.34. The summed E-state index contributed by atoms with van der Waals surface area (Å²) >= 11 is 0. The summed E-state index contributed by atoms with van der Waals surface area (Å²) in [5, 5.41) is 12.5. The third kappa shape index (κ3) is 4.24. The molecule has 3 rings (SSSR count). The molecule has 2 aromatic carbocycles. The number of para-hydroxylation sites is 2. The summed E-state index contributed by atoms with van der Waals surface area (Å²) in [6.07, 6.45) is 0.894. The van der Waals surface area contributed by atoms with E-state index in [4.69, 9.17) is 9.84 Å². The molecule has 0 spiro atoms. The Hall–Kier alpha value is -2.69. The average molecular weight is 340 g/mol. The number of carboxylic acids is 1. The quantitative estimate of drug-likeness (QED) is 0.782. The summed E-state index contributed by atoms with van der Waals surface area (Å²) in [5.74, 6) is -0.224. The van der Waals surface area contributed by atoms with Gasteiger partial charge in [-0.25, -0.2) is 4.79 Å². The highest BCUT2D eigenvalue weighted by molar-refractivity contribution is 5.87. The van der Waals surface area contributed by atoms with E-state index in [1.165, 1.54) is 11.4 Å². The van der Waals surface area contributed by atoms with Crippen LogP contribution in [0, 0.1) is 0 Å². The molecule has 1 aliphatic heterocycles. The van der Waals surface area contributed by atoms with E-state index in [1.54, 1.807) is 24.3 Å². The number of nitrogens with zero attached hydrogens (tertiary/aromatic N) is 1. The number of nitrogens with one attached hydrogen (secondary N) is 1. The van der Waals surface area contributed by atoms with Crippen molar-refractivity contribution in [3.8, 4) is 5.75 Å². The van der Waals surface area contributed by atoms with E-state index >= 15 is 0 Å². The molecule has 2 N–H and O–H groups in total. The normalized spacial score (nSPS) is 15.2. The number of carbonyl (C=O) groups is 1. The van der Waals surface area contributed by atoms with Crippen molar-refractivity contribution < 1.29 is 14.6 Å². The van der Waals surface area contributed by atoms with Gasteiger partial charge in [-0.15, -0.1) is 0 Å². The van der Waals surface area contributed by atoms with Gasteiger partial charge in [0, 0.05) is 18.6 Å². The lowest BCUT2D eigenvalue weighted by molar-refractivity contribution is 0.0697. The van der Waals surface area contributed by atoms with E-state index in [0.29, 0.717) is 12.4 Å². The van der Waals surface area contributed by atoms with Crippen LogP contribution in [0.4, 0.5) is 11.4 Å². The molecule has 0 unspecified atom stereocenters. The molecule has 0 radical (unpaired) electrons. The van der Waals surface area contributed by atoms with Gasteiger partial charge in [0.1, 0.15) is 5.75 Å². The number of aromatic carboxylic acids is 1. The number of rotatable bonds is 6. The second kappa shape index (κ2) is 7.05. The Morgan fingerprint density at radius 3 is 2.64 bits per heavy atom. The first kappa shape index (κ1) is 17.1. The van der Waals surface area contributed by atoms with Gasteiger partial charge in [0.15, 0.2) is 0 Å². The Morgan fingerprint density at radius 1 is 1.20 bits per heavy atom. The molecule has 0 aliphatic carbocycles. The third-order valence-electron chi connectivity index (χ3n) is 4.25. The molecule has 25 heavy (non-hydrogen) atoms. The molecule has 0 bridgehead atoms. The molecule has 5 heteroatoms. The van der Waals surface area contributed by atoms with Crippen molar-refractivity contribution >= 4 is 17.3 Å². The van der Waals surface area contributed by atoms with Gasteiger partial charge in [0.2, 0.25) is 0 Å². The van der Waals surface area contributed by atoms with Gasteiger partial charge in [0.25, 0.3) is 0 Å². The minimum absolute atomic E-state index is 0.0296. The van der Waals surface area contributed by atoms with Gasteiger partial charge >= 0.3 is 5.97 Å². The van der Waals surface area contributed by atoms with Gasteiger partial charge < -0.3 is 20.1 Å². The molecular weight excluding hydrogens is 316 g/mol. The molecule has 1 aliphatic rings. The molecule has 1 heterocycles. The Bertz CT molecular complexity index is 741. The summed E-state index contributed by atoms with van der Waals surface area (Å²) in [6, 6.07) is 14.9. The zero-order chi connectivity index (χ0) is 17.9. The van der Waals surface area contributed by atoms with E-state index in [0.717, 1.165) is 19.5 Å². The largest absolute Gasteiger partial charge is 0.494 e. The third-order valence-corrected chi connectivity index (χ3v) is 4.25. The minimum atomic E-state index is -0.925. The van der Waals surface area contributed by atoms with Crippen LogP contribution in [-0.2, 0) is 0 Å². The van der Waals surface area contributed by atoms with Gasteiger partial charge in [-0.2, -0.15) is 0 Å². The summed E-state index contributed by atoms with van der Waals surface area (Å²) in [6.45, 7) is 6.86. The highest BCUT2D eigenvalue weighted by atomic mass is 16.5. The lowest BCUT2D eigenvalue weighted by Crippen LogP contribution is -2.48. The standard InChI is InChI=1S/C20H24N2O3/c1-20(2)14-22(18-7-4-3-6-17(18)21-20)12-5-13-25-16-10-8-15(9-11-16)19(23)24/h3-4,6-11,21H,5,12-14H2,1-2H3,(H,23,24). The van der Waals surface area contributed by atoms with Crippen LogP contribution < -0.4 is 15.0 Å². The fourth-order valence-electron chi connectivity index (χ4n) is 3.16. The molecular formula is C20H24N2O3. The fraction of sp³-hybridized carbons (Fsp3) is 0.350. The second-order valence-electron chi connectivity index (χ2n) is 6.98. The molecule has 0 aromatic heterocycles. The maximum absolute atomic E-state index is 10.8. The maximum atomic E-state index is 10.8. The summed E-state index contributed by atoms with van der Waals surface area (Å²) in [5.41, 5.74) is 2.70. The van der Waals surface area contributed by atoms with E-state index in [2.05, 4.69) is 48.3 Å². The maximum Gasteiger partial charge on any atom is 0.335 e. The van der Waals surface area contributed by atoms with Crippen LogP contribution in [0.25, 0.3) is 0 Å². The van der Waals surface area contributed by atoms with Crippen LogP contribution in [0.15, 0.2) is 48.5 Å². The van der Waals surface area contributed by atoms with Crippen molar-refractivity contribution in [2.24, 2.45) is 0 Å². The van der Waals surface area contributed by atoms with Crippen LogP contribution in [0.1, 0.15) is 30.6 Å². The van der Waals surface area contributed by atoms with Crippen molar-refractivity contribution in [2.75, 3.05) is 29.9 Å². The summed E-state index contributed by atoms with van der Waals surface area (Å²) < 4.78 is 5.74. The van der Waals surface area contributed by atoms with Gasteiger partial charge in [-0.1, -0.05) is 12.1 Å². The van der Waals surface area contributed by atoms with Crippen LogP contribution in [0.2, 0.25) is 0 Å². The predicted molar refractivity (Wildman–Crippen MR) is 99.9 cm³/mol. The summed E-state index contributed by atoms with van der Waals surface area (Å²) in [4.78, 5) is 13.2. The molecule has 0 atom stereocenters. The Balaban J connectivity index is 1.54. The number of hydrogen-bond acceptors (Lipinski definition) is 4. The monoisotopic (exact) mass is 340 g/mol. The Labute approximate surface area is 148 Å². The number of fused-ring (bicyclic) bond motifs is 1. The van der Waals surface area contributed by atoms with Crippen molar-refractivity contribution in [2.45, 2.75) is 25.8 Å². The van der Waals surface area contributed by atoms with Crippen molar-refractivity contribution in [1.82, 2.24) is 0 Å². The van der Waals surface area contributed by atoms with Gasteiger partial charge in [-0.05, 0) is 56.7 Å². The molecule has 0 saturated heterocycles. The van der Waals surface area contributed by atoms with Crippen LogP contribution in [0.3, 0.4) is 0 Å². The topological polar surface area (TPSA) is 61.8 Å². The highest BCUT2D eigenvalue weighted by Gasteiger charge is 2.28. The van der Waals surface area contributed by atoms with Crippen LogP contribution in [-0.4, -0.2) is 36.3 Å². The van der Waals surface area contributed by atoms with Gasteiger partial charge in [0.05, 0.1) is 23.5 Å². The zero-order valence-electron chi connectivity index (χ0n) is 14.7. The molecule has 0 amide bonds. The van der Waals surface area contributed by atoms with E-state index in [9.17, 15) is 4.79 Å². The molecule has 132 valence electrons. The van der Waals surface area contributed by atoms with Crippen molar-refractivity contribution in [1.29, 1.82) is 0 Å². The Morgan fingerprint density at radius 2 is 1.92 bits per heavy atom. The molecule has 2 aromatic rings. The van der Waals surface area contributed by atoms with Crippen LogP contribution in [0.5, 0.6) is 5.75 Å². The van der Waals surface area contributed by atoms with Crippen molar-refractivity contribution in [3.63, 3.8) is 0 Å². The summed E-state index contributed by atoms with van der Waals surface area (Å²) in [7, 11) is 0. The molecule has 0 fully saturated rings. The number of hydrogen-bond donors (Lipinski definition) is 2. The van der Waals surface area contributed by atoms with E-state index in [1.807, 2.05) is 0 Å². The first-order valence-electron chi connectivity index (χ1n) is 8.53. The smallest absolute Gasteiger partial charge is 0.335 e. The molecule has 5 nitrogen and oxygen atoms in total. The SMILES string of the molecule is CC1(C)CN(CCCOc2ccc(C(=O)O)cc2)c2ccccc2N1. The van der Waals surface area contributed by atoms with Crippen LogP contribution >= 0.6 is 0 Å². The fourth-order valence-corrected chi connectivity index (χ4v) is 3.16. The number of carboxylic acid groups (broad SMARTS) is 1. The lowest BCUT2D eigenvalue weighted by Gasteiger charge is -2.42. The Kier molecular flexibility index (Phi) is 4.83. The molecule has 0 saturated carbocycles. The number of ether oxygens (including phenoxy) is 1. The van der Waals surface area contributed by atoms with E-state index < -0.39 is 5.97 Å². The van der Waals surface area contributed by atoms with Gasteiger partial charge in [-0.3, -0.25) is 0 Å². The second-order valence-corrected chi connectivity index (χ2v) is 6.98. The number of anilines is 2. The first-order chi connectivity index (χ1) is 11.9. The lowest BCUT2D eigenvalue weighted by atomic mass is 9.99. The average Bonchev–Trinajstić information content (AvgIpc) is 2.58. The predicted octanol–water partition coefficient (Wildman–Crippen LogP) is 3.86. The first-order valence-corrected chi connectivity index (χ1v) is 8.53. The zero-order valence-corrected chi connectivity index (χ0v) is 14.7. The minimum Gasteiger partial charge on any atom is -0.494 e. The number of benzene rings is 2. The van der Waals surface area contributed by atoms with E-state index in [-0.39, 0.29) is 11.1 Å².